The highest BCUT2D eigenvalue weighted by Crippen LogP contribution is 2.48. The zero-order chi connectivity index (χ0) is 24.5. The van der Waals surface area contributed by atoms with Crippen molar-refractivity contribution in [2.75, 3.05) is 26.2 Å². The van der Waals surface area contributed by atoms with Crippen molar-refractivity contribution < 1.29 is 24.1 Å². The summed E-state index contributed by atoms with van der Waals surface area (Å²) in [5.41, 5.74) is 3.98. The van der Waals surface area contributed by atoms with Crippen LogP contribution in [0, 0.1) is 11.7 Å². The number of phenols is 2. The number of benzene rings is 3. The molecule has 0 radical (unpaired) electrons. The zero-order valence-corrected chi connectivity index (χ0v) is 20.0. The average Bonchev–Trinajstić information content (AvgIpc) is 2.82. The highest BCUT2D eigenvalue weighted by Gasteiger charge is 2.30. The van der Waals surface area contributed by atoms with Crippen LogP contribution in [0.25, 0.3) is 11.1 Å². The molecule has 2 aliphatic heterocycles. The van der Waals surface area contributed by atoms with E-state index < -0.39 is 17.7 Å². The summed E-state index contributed by atoms with van der Waals surface area (Å²) in [5.74, 6) is 0.966. The summed E-state index contributed by atoms with van der Waals surface area (Å²) in [6.45, 7) is 8.02. The topological polar surface area (TPSA) is 62.2 Å². The van der Waals surface area contributed by atoms with Crippen LogP contribution in [0.4, 0.5) is 4.39 Å². The number of halogens is 1. The highest BCUT2D eigenvalue weighted by molar-refractivity contribution is 5.95. The monoisotopic (exact) mass is 475 g/mol. The fraction of sp³-hybridized carbons (Fsp3) is 0.310. The Bertz CT molecular complexity index is 1250. The van der Waals surface area contributed by atoms with Gasteiger partial charge in [-0.3, -0.25) is 4.90 Å². The Morgan fingerprint density at radius 2 is 1.83 bits per heavy atom. The molecule has 182 valence electrons. The molecule has 3 aromatic carbocycles. The molecule has 0 saturated carbocycles. The number of nitrogens with zero attached hydrogens (tertiary/aromatic N) is 1. The molecule has 0 amide bonds. The van der Waals surface area contributed by atoms with Gasteiger partial charge in [-0.15, -0.1) is 0 Å². The Morgan fingerprint density at radius 3 is 2.54 bits per heavy atom. The second-order valence-electron chi connectivity index (χ2n) is 9.34. The van der Waals surface area contributed by atoms with E-state index in [2.05, 4.69) is 11.8 Å². The van der Waals surface area contributed by atoms with Crippen molar-refractivity contribution in [1.29, 1.82) is 0 Å². The Balaban J connectivity index is 1.40. The van der Waals surface area contributed by atoms with E-state index in [1.54, 1.807) is 18.2 Å². The number of likely N-dealkylation sites (tertiary alicyclic amines) is 1. The lowest BCUT2D eigenvalue weighted by molar-refractivity contribution is 0.0806. The van der Waals surface area contributed by atoms with Crippen LogP contribution in [0.1, 0.15) is 43.1 Å². The van der Waals surface area contributed by atoms with E-state index in [4.69, 9.17) is 9.47 Å². The number of fused-ring (bicyclic) bond motifs is 1. The van der Waals surface area contributed by atoms with Crippen molar-refractivity contribution in [1.82, 2.24) is 4.90 Å². The molecule has 1 fully saturated rings. The minimum Gasteiger partial charge on any atom is -0.508 e. The van der Waals surface area contributed by atoms with Crippen LogP contribution in [0.15, 0.2) is 60.7 Å². The molecule has 1 atom stereocenters. The molecule has 2 heterocycles. The third-order valence-corrected chi connectivity index (χ3v) is 6.99. The first kappa shape index (κ1) is 23.2. The normalized spacial score (nSPS) is 18.1. The van der Waals surface area contributed by atoms with Gasteiger partial charge in [-0.1, -0.05) is 37.6 Å². The molecule has 0 bridgehead atoms. The zero-order valence-electron chi connectivity index (χ0n) is 20.0. The van der Waals surface area contributed by atoms with Gasteiger partial charge in [0.1, 0.15) is 30.0 Å². The van der Waals surface area contributed by atoms with E-state index in [1.807, 2.05) is 37.3 Å². The standard InChI is InChI=1S/C29H30FNO4/c1-3-19-16-31(17-19)11-12-34-23-9-7-20(8-10-23)29-28(21-5-4-6-22(32)13-21)18(2)24-14-26(33)25(30)15-27(24)35-29/h4-10,13-15,19,29,32-33H,3,11-12,16-17H2,1-2H3. The van der Waals surface area contributed by atoms with Gasteiger partial charge in [-0.05, 0) is 59.9 Å². The van der Waals surface area contributed by atoms with Crippen LogP contribution >= 0.6 is 0 Å². The van der Waals surface area contributed by atoms with Crippen molar-refractivity contribution in [3.8, 4) is 23.0 Å². The largest absolute Gasteiger partial charge is 0.508 e. The van der Waals surface area contributed by atoms with Gasteiger partial charge in [0.25, 0.3) is 0 Å². The molecule has 3 aromatic rings. The number of phenolic OH excluding ortho intramolecular Hbond substituents is 2. The maximum Gasteiger partial charge on any atom is 0.168 e. The third-order valence-electron chi connectivity index (χ3n) is 6.99. The van der Waals surface area contributed by atoms with Gasteiger partial charge in [0.15, 0.2) is 11.6 Å². The molecule has 0 aliphatic carbocycles. The van der Waals surface area contributed by atoms with Crippen molar-refractivity contribution in [2.45, 2.75) is 26.4 Å². The molecular formula is C29H30FNO4. The minimum atomic E-state index is -0.729. The van der Waals surface area contributed by atoms with Gasteiger partial charge in [-0.2, -0.15) is 0 Å². The molecule has 2 N–H and O–H groups in total. The van der Waals surface area contributed by atoms with E-state index in [0.29, 0.717) is 17.9 Å². The summed E-state index contributed by atoms with van der Waals surface area (Å²) in [6, 6.07) is 17.3. The first-order chi connectivity index (χ1) is 16.9. The summed E-state index contributed by atoms with van der Waals surface area (Å²) >= 11 is 0. The Hall–Kier alpha value is -3.51. The second-order valence-corrected chi connectivity index (χ2v) is 9.34. The van der Waals surface area contributed by atoms with Gasteiger partial charge >= 0.3 is 0 Å². The molecule has 5 nitrogen and oxygen atoms in total. The lowest BCUT2D eigenvalue weighted by Crippen LogP contribution is -2.47. The van der Waals surface area contributed by atoms with Gasteiger partial charge in [-0.25, -0.2) is 4.39 Å². The van der Waals surface area contributed by atoms with E-state index in [-0.39, 0.29) is 5.75 Å². The summed E-state index contributed by atoms with van der Waals surface area (Å²) in [6.07, 6.45) is 0.716. The van der Waals surface area contributed by atoms with Crippen LogP contribution in [0.3, 0.4) is 0 Å². The summed E-state index contributed by atoms with van der Waals surface area (Å²) in [7, 11) is 0. The number of hydrogen-bond acceptors (Lipinski definition) is 5. The lowest BCUT2D eigenvalue weighted by Gasteiger charge is -2.38. The molecule has 35 heavy (non-hydrogen) atoms. The number of hydrogen-bond donors (Lipinski definition) is 2. The highest BCUT2D eigenvalue weighted by atomic mass is 19.1. The third kappa shape index (κ3) is 4.71. The van der Waals surface area contributed by atoms with E-state index in [9.17, 15) is 14.6 Å². The number of ether oxygens (including phenoxy) is 2. The number of aromatic hydroxyl groups is 2. The summed E-state index contributed by atoms with van der Waals surface area (Å²) < 4.78 is 26.4. The predicted molar refractivity (Wildman–Crippen MR) is 134 cm³/mol. The summed E-state index contributed by atoms with van der Waals surface area (Å²) in [5, 5.41) is 20.0. The lowest BCUT2D eigenvalue weighted by atomic mass is 9.86. The fourth-order valence-electron chi connectivity index (χ4n) is 4.89. The van der Waals surface area contributed by atoms with Gasteiger partial charge in [0.05, 0.1) is 0 Å². The van der Waals surface area contributed by atoms with Crippen molar-refractivity contribution in [2.24, 2.45) is 5.92 Å². The SMILES string of the molecule is CCC1CN(CCOc2ccc(C3Oc4cc(F)c(O)cc4C(C)=C3c3cccc(O)c3)cc2)C1. The van der Waals surface area contributed by atoms with Crippen molar-refractivity contribution in [3.05, 3.63) is 83.2 Å². The minimum absolute atomic E-state index is 0.144. The molecule has 5 rings (SSSR count). The first-order valence-corrected chi connectivity index (χ1v) is 12.1. The van der Waals surface area contributed by atoms with Crippen molar-refractivity contribution >= 4 is 11.1 Å². The van der Waals surface area contributed by atoms with Crippen LogP contribution < -0.4 is 9.47 Å². The predicted octanol–water partition coefficient (Wildman–Crippen LogP) is 6.02. The Kier molecular flexibility index (Phi) is 6.39. The maximum absolute atomic E-state index is 14.1. The van der Waals surface area contributed by atoms with Gasteiger partial charge in [0, 0.05) is 36.8 Å². The van der Waals surface area contributed by atoms with Crippen molar-refractivity contribution in [3.63, 3.8) is 0 Å². The van der Waals surface area contributed by atoms with Gasteiger partial charge in [0.2, 0.25) is 0 Å². The van der Waals surface area contributed by atoms with E-state index >= 15 is 0 Å². The van der Waals surface area contributed by atoms with Gasteiger partial charge < -0.3 is 19.7 Å². The van der Waals surface area contributed by atoms with Crippen LogP contribution in [-0.2, 0) is 0 Å². The maximum atomic E-state index is 14.1. The Morgan fingerprint density at radius 1 is 1.06 bits per heavy atom. The first-order valence-electron chi connectivity index (χ1n) is 12.1. The van der Waals surface area contributed by atoms with Crippen LogP contribution in [0.5, 0.6) is 23.0 Å². The van der Waals surface area contributed by atoms with E-state index in [1.165, 1.54) is 18.6 Å². The second kappa shape index (κ2) is 9.62. The fourth-order valence-corrected chi connectivity index (χ4v) is 4.89. The number of rotatable bonds is 7. The molecule has 1 unspecified atom stereocenters. The molecule has 6 heteroatoms. The Labute approximate surface area is 205 Å². The summed E-state index contributed by atoms with van der Waals surface area (Å²) in [4.78, 5) is 2.40. The molecule has 1 saturated heterocycles. The molecule has 0 spiro atoms. The van der Waals surface area contributed by atoms with E-state index in [0.717, 1.165) is 53.6 Å². The number of allylic oxidation sites excluding steroid dienone is 1. The average molecular weight is 476 g/mol. The molecule has 0 aromatic heterocycles. The van der Waals surface area contributed by atoms with Crippen LogP contribution in [-0.4, -0.2) is 41.4 Å². The van der Waals surface area contributed by atoms with Crippen LogP contribution in [0.2, 0.25) is 0 Å². The quantitative estimate of drug-likeness (QED) is 0.437. The molecular weight excluding hydrogens is 445 g/mol. The smallest absolute Gasteiger partial charge is 0.168 e. The molecule has 2 aliphatic rings.